The summed E-state index contributed by atoms with van der Waals surface area (Å²) in [4.78, 5) is 12.9. The van der Waals surface area contributed by atoms with Gasteiger partial charge in [-0.25, -0.2) is 8.42 Å². The third kappa shape index (κ3) is 3.94. The molecule has 1 N–H and O–H groups in total. The first-order valence-electron chi connectivity index (χ1n) is 9.53. The highest BCUT2D eigenvalue weighted by Crippen LogP contribution is 2.41. The third-order valence-corrected chi connectivity index (χ3v) is 6.11. The summed E-state index contributed by atoms with van der Waals surface area (Å²) in [6.07, 6.45) is 5.79. The molecule has 0 unspecified atom stereocenters. The molecular weight excluding hydrogens is 376 g/mol. The van der Waals surface area contributed by atoms with E-state index in [2.05, 4.69) is 12.2 Å². The molecule has 1 aromatic heterocycles. The number of nitrogens with one attached hydrogen (secondary N) is 1. The Labute approximate surface area is 166 Å². The predicted molar refractivity (Wildman–Crippen MR) is 112 cm³/mol. The van der Waals surface area contributed by atoms with Crippen molar-refractivity contribution in [2.24, 2.45) is 7.05 Å². The normalized spacial score (nSPS) is 15.5. The first-order valence-corrected chi connectivity index (χ1v) is 11.4. The molecule has 6 nitrogen and oxygen atoms in total. The fourth-order valence-corrected chi connectivity index (χ4v) is 4.06. The first kappa shape index (κ1) is 20.5. The Balaban J connectivity index is 2.30. The molecule has 152 valence electrons. The third-order valence-electron chi connectivity index (χ3n) is 5.00. The number of rotatable bonds is 5. The summed E-state index contributed by atoms with van der Waals surface area (Å²) >= 11 is 0. The monoisotopic (exact) mass is 404 g/mol. The van der Waals surface area contributed by atoms with E-state index in [1.807, 2.05) is 19.9 Å². The molecule has 0 saturated carbocycles. The molecular formula is C21H28N2O4S. The fourth-order valence-electron chi connectivity index (χ4n) is 3.41. The Morgan fingerprint density at radius 1 is 1.25 bits per heavy atom. The van der Waals surface area contributed by atoms with Crippen LogP contribution < -0.4 is 15.6 Å². The Hall–Kier alpha value is -2.28. The number of aromatic nitrogens is 1. The largest absolute Gasteiger partial charge is 0.483 e. The smallest absolute Gasteiger partial charge is 0.277 e. The molecule has 7 heteroatoms. The molecule has 0 bridgehead atoms. The van der Waals surface area contributed by atoms with Gasteiger partial charge < -0.3 is 14.6 Å². The van der Waals surface area contributed by atoms with Gasteiger partial charge in [0.25, 0.3) is 5.56 Å². The van der Waals surface area contributed by atoms with Gasteiger partial charge in [-0.15, -0.1) is 0 Å². The Morgan fingerprint density at radius 3 is 2.61 bits per heavy atom. The Kier molecular flexibility index (Phi) is 5.32. The lowest BCUT2D eigenvalue weighted by atomic mass is 9.95. The van der Waals surface area contributed by atoms with Crippen molar-refractivity contribution in [2.75, 3.05) is 18.1 Å². The van der Waals surface area contributed by atoms with Crippen LogP contribution in [0.25, 0.3) is 11.1 Å². The zero-order valence-corrected chi connectivity index (χ0v) is 17.9. The molecule has 0 fully saturated rings. The van der Waals surface area contributed by atoms with E-state index < -0.39 is 15.4 Å². The molecule has 2 aromatic rings. The van der Waals surface area contributed by atoms with E-state index in [-0.39, 0.29) is 10.5 Å². The molecule has 0 aliphatic carbocycles. The molecule has 0 radical (unpaired) electrons. The van der Waals surface area contributed by atoms with Gasteiger partial charge in [0.1, 0.15) is 11.3 Å². The van der Waals surface area contributed by atoms with Crippen molar-refractivity contribution >= 4 is 15.5 Å². The second kappa shape index (κ2) is 7.28. The van der Waals surface area contributed by atoms with Gasteiger partial charge in [-0.3, -0.25) is 4.79 Å². The van der Waals surface area contributed by atoms with E-state index in [9.17, 15) is 13.2 Å². The molecule has 0 spiro atoms. The lowest BCUT2D eigenvalue weighted by Crippen LogP contribution is -2.42. The molecule has 3 rings (SSSR count). The van der Waals surface area contributed by atoms with Crippen molar-refractivity contribution in [3.8, 4) is 16.9 Å². The maximum Gasteiger partial charge on any atom is 0.277 e. The number of aryl methyl sites for hydroxylation is 2. The number of hydrogen-bond acceptors (Lipinski definition) is 5. The van der Waals surface area contributed by atoms with Crippen LogP contribution in [0.3, 0.4) is 0 Å². The van der Waals surface area contributed by atoms with E-state index in [0.29, 0.717) is 18.0 Å². The van der Waals surface area contributed by atoms with Crippen LogP contribution in [0.4, 0.5) is 5.69 Å². The highest BCUT2D eigenvalue weighted by atomic mass is 32.2. The van der Waals surface area contributed by atoms with Gasteiger partial charge >= 0.3 is 0 Å². The fraction of sp³-hybridized carbons (Fsp3) is 0.476. The van der Waals surface area contributed by atoms with E-state index in [0.717, 1.165) is 36.0 Å². The minimum atomic E-state index is -3.36. The van der Waals surface area contributed by atoms with E-state index in [1.54, 1.807) is 25.4 Å². The van der Waals surface area contributed by atoms with E-state index in [4.69, 9.17) is 4.74 Å². The van der Waals surface area contributed by atoms with Crippen molar-refractivity contribution in [1.82, 2.24) is 4.57 Å². The summed E-state index contributed by atoms with van der Waals surface area (Å²) in [5, 5.41) is 3.20. The lowest BCUT2D eigenvalue weighted by Gasteiger charge is -2.34. The summed E-state index contributed by atoms with van der Waals surface area (Å²) in [5.41, 5.74) is 2.35. The minimum Gasteiger partial charge on any atom is -0.483 e. The Bertz CT molecular complexity index is 1070. The van der Waals surface area contributed by atoms with Crippen LogP contribution in [0.2, 0.25) is 0 Å². The Morgan fingerprint density at radius 2 is 1.96 bits per heavy atom. The maximum absolute atomic E-state index is 12.6. The van der Waals surface area contributed by atoms with Crippen LogP contribution >= 0.6 is 0 Å². The van der Waals surface area contributed by atoms with Crippen LogP contribution in [0.1, 0.15) is 39.2 Å². The molecule has 1 aliphatic rings. The molecule has 1 aliphatic heterocycles. The summed E-state index contributed by atoms with van der Waals surface area (Å²) in [7, 11) is -1.66. The van der Waals surface area contributed by atoms with Crippen LogP contribution in [0.15, 0.2) is 34.1 Å². The predicted octanol–water partition coefficient (Wildman–Crippen LogP) is 3.38. The standard InChI is InChI=1S/C21H28N2O4S/c1-6-7-8-14-9-10-15(28(5,25)26)11-16(14)17-12-23(4)20(24)18-19(17)27-21(2,3)13-22-18/h9-12,22H,6-8,13H2,1-5H3. The van der Waals surface area contributed by atoms with Crippen LogP contribution in [0.5, 0.6) is 5.75 Å². The highest BCUT2D eigenvalue weighted by Gasteiger charge is 2.31. The van der Waals surface area contributed by atoms with Gasteiger partial charge in [-0.1, -0.05) is 19.4 Å². The number of pyridine rings is 1. The van der Waals surface area contributed by atoms with E-state index >= 15 is 0 Å². The summed E-state index contributed by atoms with van der Waals surface area (Å²) in [6, 6.07) is 5.23. The van der Waals surface area contributed by atoms with E-state index in [1.165, 1.54) is 10.8 Å². The molecule has 2 heterocycles. The number of anilines is 1. The quantitative estimate of drug-likeness (QED) is 0.827. The number of sulfone groups is 1. The van der Waals surface area contributed by atoms with Crippen LogP contribution in [-0.2, 0) is 23.3 Å². The SMILES string of the molecule is CCCCc1ccc(S(C)(=O)=O)cc1-c1cn(C)c(=O)c2c1OC(C)(C)CN2. The van der Waals surface area contributed by atoms with Crippen LogP contribution in [0, 0.1) is 0 Å². The van der Waals surface area contributed by atoms with Gasteiger partial charge in [0, 0.05) is 25.1 Å². The van der Waals surface area contributed by atoms with Gasteiger partial charge in [-0.2, -0.15) is 0 Å². The second-order valence-electron chi connectivity index (χ2n) is 8.07. The van der Waals surface area contributed by atoms with Gasteiger partial charge in [-0.05, 0) is 49.9 Å². The number of benzene rings is 1. The molecule has 0 amide bonds. The summed E-state index contributed by atoms with van der Waals surface area (Å²) < 4.78 is 32.0. The first-order chi connectivity index (χ1) is 13.0. The number of ether oxygens (including phenoxy) is 1. The van der Waals surface area contributed by atoms with Gasteiger partial charge in [0.15, 0.2) is 15.6 Å². The number of nitrogens with zero attached hydrogens (tertiary/aromatic N) is 1. The average molecular weight is 405 g/mol. The van der Waals surface area contributed by atoms with Gasteiger partial charge in [0.2, 0.25) is 0 Å². The zero-order chi connectivity index (χ0) is 20.7. The van der Waals surface area contributed by atoms with Crippen molar-refractivity contribution in [3.63, 3.8) is 0 Å². The maximum atomic E-state index is 12.6. The number of unbranched alkanes of at least 4 members (excludes halogenated alkanes) is 1. The second-order valence-corrected chi connectivity index (χ2v) is 10.1. The van der Waals surface area contributed by atoms with Gasteiger partial charge in [0.05, 0.1) is 11.4 Å². The molecule has 1 aromatic carbocycles. The topological polar surface area (TPSA) is 77.4 Å². The van der Waals surface area contributed by atoms with Crippen molar-refractivity contribution in [1.29, 1.82) is 0 Å². The molecule has 0 saturated heterocycles. The molecule has 28 heavy (non-hydrogen) atoms. The number of hydrogen-bond donors (Lipinski definition) is 1. The van der Waals surface area contributed by atoms with Crippen molar-refractivity contribution in [3.05, 3.63) is 40.3 Å². The average Bonchev–Trinajstić information content (AvgIpc) is 2.61. The minimum absolute atomic E-state index is 0.163. The van der Waals surface area contributed by atoms with Crippen molar-refractivity contribution in [2.45, 2.75) is 50.5 Å². The van der Waals surface area contributed by atoms with Crippen LogP contribution in [-0.4, -0.2) is 31.4 Å². The van der Waals surface area contributed by atoms with Crippen molar-refractivity contribution < 1.29 is 13.2 Å². The highest BCUT2D eigenvalue weighted by molar-refractivity contribution is 7.90. The molecule has 0 atom stereocenters. The zero-order valence-electron chi connectivity index (χ0n) is 17.1. The lowest BCUT2D eigenvalue weighted by molar-refractivity contribution is 0.116. The summed E-state index contributed by atoms with van der Waals surface area (Å²) in [5.74, 6) is 0.489. The number of fused-ring (bicyclic) bond motifs is 1. The summed E-state index contributed by atoms with van der Waals surface area (Å²) in [6.45, 7) is 6.54.